The van der Waals surface area contributed by atoms with Gasteiger partial charge in [-0.3, -0.25) is 4.79 Å². The van der Waals surface area contributed by atoms with Gasteiger partial charge in [0.05, 0.1) is 4.90 Å². The van der Waals surface area contributed by atoms with E-state index in [2.05, 4.69) is 34.3 Å². The fourth-order valence-corrected chi connectivity index (χ4v) is 5.94. The van der Waals surface area contributed by atoms with Crippen molar-refractivity contribution in [2.45, 2.75) is 56.4 Å². The molecule has 33 heavy (non-hydrogen) atoms. The molecule has 0 radical (unpaired) electrons. The molecule has 4 rings (SSSR count). The summed E-state index contributed by atoms with van der Waals surface area (Å²) in [4.78, 5) is 12.6. The standard InChI is InChI=1S/C26H33N3O3S/c30-26(27-17-7-18-28-21-16-23-8-3-4-9-25(23)28)15-12-22-10-13-24(14-11-22)33(31,32)29-19-5-1-2-6-20-29/h3-4,8-11,13-14,16,21H,1-2,5-7,12,15,17-20H2,(H,27,30). The number of hydrogen-bond acceptors (Lipinski definition) is 3. The summed E-state index contributed by atoms with van der Waals surface area (Å²) in [6.45, 7) is 2.70. The van der Waals surface area contributed by atoms with Crippen LogP contribution in [-0.4, -0.2) is 42.8 Å². The third kappa shape index (κ3) is 6.03. The van der Waals surface area contributed by atoms with Crippen LogP contribution in [0.2, 0.25) is 0 Å². The Balaban J connectivity index is 1.20. The van der Waals surface area contributed by atoms with E-state index in [1.165, 1.54) is 10.9 Å². The summed E-state index contributed by atoms with van der Waals surface area (Å²) in [6, 6.07) is 17.4. The lowest BCUT2D eigenvalue weighted by molar-refractivity contribution is -0.121. The quantitative estimate of drug-likeness (QED) is 0.476. The highest BCUT2D eigenvalue weighted by molar-refractivity contribution is 7.89. The number of hydrogen-bond donors (Lipinski definition) is 1. The van der Waals surface area contributed by atoms with Gasteiger partial charge >= 0.3 is 0 Å². The maximum absolute atomic E-state index is 12.9. The first kappa shape index (κ1) is 23.5. The number of nitrogens with one attached hydrogen (secondary N) is 1. The van der Waals surface area contributed by atoms with Crippen molar-refractivity contribution in [1.29, 1.82) is 0 Å². The molecule has 0 bridgehead atoms. The Morgan fingerprint density at radius 3 is 2.39 bits per heavy atom. The largest absolute Gasteiger partial charge is 0.356 e. The fraction of sp³-hybridized carbons (Fsp3) is 0.423. The summed E-state index contributed by atoms with van der Waals surface area (Å²) in [6.07, 6.45) is 7.98. The van der Waals surface area contributed by atoms with Crippen LogP contribution in [0.15, 0.2) is 65.7 Å². The van der Waals surface area contributed by atoms with E-state index < -0.39 is 10.0 Å². The Morgan fingerprint density at radius 1 is 0.909 bits per heavy atom. The lowest BCUT2D eigenvalue weighted by atomic mass is 10.1. The Morgan fingerprint density at radius 2 is 1.64 bits per heavy atom. The molecule has 1 aliphatic heterocycles. The van der Waals surface area contributed by atoms with E-state index in [0.717, 1.165) is 44.2 Å². The Labute approximate surface area is 196 Å². The zero-order valence-corrected chi connectivity index (χ0v) is 19.9. The Kier molecular flexibility index (Phi) is 7.83. The maximum atomic E-state index is 12.9. The van der Waals surface area contributed by atoms with Crippen LogP contribution in [0.1, 0.15) is 44.1 Å². The number of carbonyl (C=O) groups excluding carboxylic acids is 1. The molecule has 1 fully saturated rings. The molecular formula is C26H33N3O3S. The maximum Gasteiger partial charge on any atom is 0.243 e. The van der Waals surface area contributed by atoms with Crippen LogP contribution < -0.4 is 5.32 Å². The Hall–Kier alpha value is -2.64. The second kappa shape index (κ2) is 11.0. The molecule has 1 aromatic heterocycles. The first-order chi connectivity index (χ1) is 16.0. The van der Waals surface area contributed by atoms with Crippen molar-refractivity contribution in [1.82, 2.24) is 14.2 Å². The number of aromatic nitrogens is 1. The van der Waals surface area contributed by atoms with Crippen LogP contribution in [-0.2, 0) is 27.8 Å². The van der Waals surface area contributed by atoms with Gasteiger partial charge in [-0.1, -0.05) is 43.2 Å². The van der Waals surface area contributed by atoms with Crippen molar-refractivity contribution in [3.63, 3.8) is 0 Å². The molecule has 1 saturated heterocycles. The predicted molar refractivity (Wildman–Crippen MR) is 132 cm³/mol. The molecule has 1 N–H and O–H groups in total. The van der Waals surface area contributed by atoms with E-state index in [4.69, 9.17) is 0 Å². The van der Waals surface area contributed by atoms with Crippen LogP contribution in [0.25, 0.3) is 10.9 Å². The van der Waals surface area contributed by atoms with Gasteiger partial charge in [-0.15, -0.1) is 0 Å². The first-order valence-corrected chi connectivity index (χ1v) is 13.4. The van der Waals surface area contributed by atoms with Crippen molar-refractivity contribution >= 4 is 26.8 Å². The fourth-order valence-electron chi connectivity index (χ4n) is 4.42. The van der Waals surface area contributed by atoms with Gasteiger partial charge in [0, 0.05) is 44.3 Å². The van der Waals surface area contributed by atoms with Gasteiger partial charge in [0.1, 0.15) is 0 Å². The summed E-state index contributed by atoms with van der Waals surface area (Å²) < 4.78 is 29.6. The highest BCUT2D eigenvalue weighted by Gasteiger charge is 2.24. The van der Waals surface area contributed by atoms with Gasteiger partial charge < -0.3 is 9.88 Å². The van der Waals surface area contributed by atoms with E-state index in [9.17, 15) is 13.2 Å². The first-order valence-electron chi connectivity index (χ1n) is 11.9. The van der Waals surface area contributed by atoms with Gasteiger partial charge in [0.2, 0.25) is 15.9 Å². The molecule has 0 atom stereocenters. The second-order valence-corrected chi connectivity index (χ2v) is 10.7. The molecule has 0 spiro atoms. The SMILES string of the molecule is O=C(CCc1ccc(S(=O)(=O)N2CCCCCC2)cc1)NCCCn1ccc2ccccc21. The average Bonchev–Trinajstić information content (AvgIpc) is 3.03. The van der Waals surface area contributed by atoms with Crippen LogP contribution in [0.4, 0.5) is 0 Å². The van der Waals surface area contributed by atoms with Gasteiger partial charge in [-0.05, 0) is 60.9 Å². The highest BCUT2D eigenvalue weighted by Crippen LogP contribution is 2.21. The normalized spacial score (nSPS) is 15.4. The van der Waals surface area contributed by atoms with E-state index in [-0.39, 0.29) is 5.91 Å². The van der Waals surface area contributed by atoms with Crippen LogP contribution in [0, 0.1) is 0 Å². The third-order valence-corrected chi connectivity index (χ3v) is 8.26. The second-order valence-electron chi connectivity index (χ2n) is 8.73. The highest BCUT2D eigenvalue weighted by atomic mass is 32.2. The topological polar surface area (TPSA) is 71.4 Å². The summed E-state index contributed by atoms with van der Waals surface area (Å²) in [5, 5.41) is 4.22. The molecule has 176 valence electrons. The monoisotopic (exact) mass is 467 g/mol. The number of aryl methyl sites for hydroxylation is 2. The molecule has 6 nitrogen and oxygen atoms in total. The molecule has 7 heteroatoms. The van der Waals surface area contributed by atoms with Crippen LogP contribution in [0.3, 0.4) is 0 Å². The third-order valence-electron chi connectivity index (χ3n) is 6.35. The zero-order chi connectivity index (χ0) is 23.1. The average molecular weight is 468 g/mol. The van der Waals surface area contributed by atoms with Crippen molar-refractivity contribution in [2.24, 2.45) is 0 Å². The van der Waals surface area contributed by atoms with Gasteiger partial charge in [-0.25, -0.2) is 8.42 Å². The number of sulfonamides is 1. The van der Waals surface area contributed by atoms with E-state index in [1.54, 1.807) is 16.4 Å². The molecule has 1 amide bonds. The van der Waals surface area contributed by atoms with E-state index in [0.29, 0.717) is 37.4 Å². The summed E-state index contributed by atoms with van der Waals surface area (Å²) in [5.41, 5.74) is 2.18. The number of fused-ring (bicyclic) bond motifs is 1. The molecule has 0 unspecified atom stereocenters. The summed E-state index contributed by atoms with van der Waals surface area (Å²) in [5.74, 6) is 0.0219. The van der Waals surface area contributed by atoms with Crippen molar-refractivity contribution in [3.8, 4) is 0 Å². The predicted octanol–water partition coefficient (Wildman–Crippen LogP) is 4.35. The molecule has 2 aromatic carbocycles. The molecule has 0 saturated carbocycles. The van der Waals surface area contributed by atoms with E-state index in [1.807, 2.05) is 24.3 Å². The van der Waals surface area contributed by atoms with Crippen molar-refractivity contribution in [3.05, 3.63) is 66.4 Å². The smallest absolute Gasteiger partial charge is 0.243 e. The lowest BCUT2D eigenvalue weighted by Crippen LogP contribution is -2.31. The molecule has 1 aliphatic rings. The van der Waals surface area contributed by atoms with Crippen LogP contribution >= 0.6 is 0 Å². The summed E-state index contributed by atoms with van der Waals surface area (Å²) >= 11 is 0. The number of nitrogens with zero attached hydrogens (tertiary/aromatic N) is 2. The number of amides is 1. The number of carbonyl (C=O) groups is 1. The van der Waals surface area contributed by atoms with Crippen LogP contribution in [0.5, 0.6) is 0 Å². The van der Waals surface area contributed by atoms with Gasteiger partial charge in [0.25, 0.3) is 0 Å². The minimum atomic E-state index is -3.43. The molecule has 0 aliphatic carbocycles. The minimum absolute atomic E-state index is 0.0219. The molecule has 3 aromatic rings. The van der Waals surface area contributed by atoms with Gasteiger partial charge in [0.15, 0.2) is 0 Å². The zero-order valence-electron chi connectivity index (χ0n) is 19.1. The Bertz CT molecular complexity index is 1160. The molecular weight excluding hydrogens is 434 g/mol. The number of benzene rings is 2. The van der Waals surface area contributed by atoms with Crippen molar-refractivity contribution < 1.29 is 13.2 Å². The minimum Gasteiger partial charge on any atom is -0.356 e. The number of rotatable bonds is 9. The lowest BCUT2D eigenvalue weighted by Gasteiger charge is -2.20. The summed E-state index contributed by atoms with van der Waals surface area (Å²) in [7, 11) is -3.43. The van der Waals surface area contributed by atoms with E-state index >= 15 is 0 Å². The van der Waals surface area contributed by atoms with Gasteiger partial charge in [-0.2, -0.15) is 4.31 Å². The molecule has 2 heterocycles. The number of para-hydroxylation sites is 1. The van der Waals surface area contributed by atoms with Crippen molar-refractivity contribution in [2.75, 3.05) is 19.6 Å².